The topological polar surface area (TPSA) is 373 Å². The first-order valence-corrected chi connectivity index (χ1v) is 29.0. The maximum Gasteiger partial charge on any atom is 0.364 e. The highest BCUT2D eigenvalue weighted by Crippen LogP contribution is 2.38. The highest BCUT2D eigenvalue weighted by molar-refractivity contribution is 5.77. The number of aliphatic hydroxyl groups excluding tert-OH is 11. The Labute approximate surface area is 461 Å². The molecule has 78 heavy (non-hydrogen) atoms. The van der Waals surface area contributed by atoms with Crippen molar-refractivity contribution in [2.45, 2.75) is 291 Å². The maximum absolute atomic E-state index is 13.3. The molecule has 0 aliphatic carbocycles. The van der Waals surface area contributed by atoms with E-state index in [1.165, 1.54) is 64.2 Å². The van der Waals surface area contributed by atoms with E-state index in [-0.39, 0.29) is 18.9 Å². The molecule has 0 aromatic carbocycles. The van der Waals surface area contributed by atoms with Gasteiger partial charge in [0.25, 0.3) is 5.79 Å². The number of nitrogens with one attached hydrogen (secondary N) is 2. The first-order valence-electron chi connectivity index (χ1n) is 29.0. The summed E-state index contributed by atoms with van der Waals surface area (Å²) in [6.07, 6.45) is -0.268. The Morgan fingerprint density at radius 2 is 1.19 bits per heavy atom. The van der Waals surface area contributed by atoms with Crippen molar-refractivity contribution in [1.29, 1.82) is 0 Å². The minimum Gasteiger partial charge on any atom is -0.477 e. The van der Waals surface area contributed by atoms with Gasteiger partial charge in [-0.3, -0.25) is 9.59 Å². The number of hydrogen-bond donors (Lipinski definition) is 14. The van der Waals surface area contributed by atoms with Gasteiger partial charge in [0.05, 0.1) is 50.7 Å². The molecular formula is C55H100N2O21. The Bertz CT molecular complexity index is 1670. The molecule has 0 saturated carbocycles. The number of aliphatic hydroxyl groups is 11. The summed E-state index contributed by atoms with van der Waals surface area (Å²) >= 11 is 0. The minimum absolute atomic E-state index is 0.213. The summed E-state index contributed by atoms with van der Waals surface area (Å²) in [5.41, 5.74) is 0. The Morgan fingerprint density at radius 3 is 1.76 bits per heavy atom. The van der Waals surface area contributed by atoms with E-state index in [1.807, 2.05) is 0 Å². The molecule has 3 heterocycles. The molecule has 3 saturated heterocycles. The summed E-state index contributed by atoms with van der Waals surface area (Å²) in [7, 11) is 0. The smallest absolute Gasteiger partial charge is 0.364 e. The van der Waals surface area contributed by atoms with E-state index in [2.05, 4.69) is 36.6 Å². The number of hydrogen-bond acceptors (Lipinski definition) is 20. The second-order valence-electron chi connectivity index (χ2n) is 21.5. The second kappa shape index (κ2) is 38.3. The monoisotopic (exact) mass is 1120 g/mol. The van der Waals surface area contributed by atoms with Gasteiger partial charge in [-0.1, -0.05) is 135 Å². The first-order chi connectivity index (χ1) is 37.4. The fourth-order valence-electron chi connectivity index (χ4n) is 10.2. The molecule has 2 amide bonds. The van der Waals surface area contributed by atoms with Crippen molar-refractivity contribution < 1.29 is 104 Å². The van der Waals surface area contributed by atoms with Gasteiger partial charge in [-0.05, 0) is 38.5 Å². The number of aliphatic carboxylic acids is 1. The molecular weight excluding hydrogens is 1020 g/mol. The largest absolute Gasteiger partial charge is 0.477 e. The van der Waals surface area contributed by atoms with E-state index < -0.39 is 148 Å². The summed E-state index contributed by atoms with van der Waals surface area (Å²) in [6.45, 7) is 2.10. The lowest BCUT2D eigenvalue weighted by atomic mass is 9.88. The van der Waals surface area contributed by atoms with Gasteiger partial charge in [0.2, 0.25) is 11.8 Å². The standard InChI is InChI=1S/C55H100N2O21/c1-4-6-8-10-12-14-16-18-20-22-24-26-28-37(62)36(57-42(65)29-27-25-23-21-19-17-15-13-11-9-7-5-2)34-73-52-47(69)46(68)49(41(33-60)75-52)76-53-48(70)51(45(67)40(32-59)74-53)78-55(54(71)72)30-38(63)43(56-35(3)61)50(77-55)44(66)39(64)31-58/h13,15,36-41,43-53,58-60,62-64,66-70H,4-12,14,16-34H2,1-3H3,(H,56,61)(H,57,65)(H,71,72)/b15-13-. The summed E-state index contributed by atoms with van der Waals surface area (Å²) in [4.78, 5) is 38.3. The fraction of sp³-hybridized carbons (Fsp3) is 0.909. The van der Waals surface area contributed by atoms with Crippen molar-refractivity contribution in [3.63, 3.8) is 0 Å². The summed E-state index contributed by atoms with van der Waals surface area (Å²) in [5, 5.41) is 135. The van der Waals surface area contributed by atoms with Crippen LogP contribution in [0.3, 0.4) is 0 Å². The lowest BCUT2D eigenvalue weighted by Crippen LogP contribution is -2.70. The minimum atomic E-state index is -3.08. The van der Waals surface area contributed by atoms with Crippen LogP contribution in [0.25, 0.3) is 0 Å². The third-order valence-corrected chi connectivity index (χ3v) is 15.0. The zero-order valence-corrected chi connectivity index (χ0v) is 46.5. The van der Waals surface area contributed by atoms with Crippen LogP contribution in [0.2, 0.25) is 0 Å². The number of carbonyl (C=O) groups excluding carboxylic acids is 2. The maximum atomic E-state index is 13.3. The van der Waals surface area contributed by atoms with Gasteiger partial charge in [0.15, 0.2) is 12.6 Å². The average Bonchev–Trinajstić information content (AvgIpc) is 3.46. The van der Waals surface area contributed by atoms with Crippen LogP contribution in [0.4, 0.5) is 0 Å². The quantitative estimate of drug-likeness (QED) is 0.0305. The van der Waals surface area contributed by atoms with E-state index in [4.69, 9.17) is 28.4 Å². The molecule has 3 rings (SSSR count). The first kappa shape index (κ1) is 69.7. The Balaban J connectivity index is 1.69. The summed E-state index contributed by atoms with van der Waals surface area (Å²) < 4.78 is 34.6. The van der Waals surface area contributed by atoms with Gasteiger partial charge in [-0.25, -0.2) is 4.79 Å². The fourth-order valence-corrected chi connectivity index (χ4v) is 10.2. The van der Waals surface area contributed by atoms with E-state index in [1.54, 1.807) is 0 Å². The van der Waals surface area contributed by atoms with Gasteiger partial charge >= 0.3 is 5.97 Å². The molecule has 0 bridgehead atoms. The van der Waals surface area contributed by atoms with Crippen LogP contribution in [-0.4, -0.2) is 215 Å². The summed E-state index contributed by atoms with van der Waals surface area (Å²) in [6, 6.07) is -2.53. The molecule has 0 spiro atoms. The predicted octanol–water partition coefficient (Wildman–Crippen LogP) is 1.61. The lowest BCUT2D eigenvalue weighted by Gasteiger charge is -2.50. The highest BCUT2D eigenvalue weighted by Gasteiger charge is 2.60. The molecule has 456 valence electrons. The highest BCUT2D eigenvalue weighted by atomic mass is 16.8. The van der Waals surface area contributed by atoms with Crippen LogP contribution in [0, 0.1) is 0 Å². The van der Waals surface area contributed by atoms with Crippen LogP contribution in [0.5, 0.6) is 0 Å². The van der Waals surface area contributed by atoms with Gasteiger partial charge < -0.3 is 100 Å². The van der Waals surface area contributed by atoms with Crippen molar-refractivity contribution in [2.24, 2.45) is 0 Å². The van der Waals surface area contributed by atoms with Crippen LogP contribution < -0.4 is 10.6 Å². The van der Waals surface area contributed by atoms with E-state index in [9.17, 15) is 75.7 Å². The Hall–Kier alpha value is -2.53. The Kier molecular flexibility index (Phi) is 34.2. The van der Waals surface area contributed by atoms with Gasteiger partial charge in [0, 0.05) is 19.8 Å². The van der Waals surface area contributed by atoms with E-state index in [0.29, 0.717) is 19.3 Å². The molecule has 0 aromatic heterocycles. The number of carbonyl (C=O) groups is 3. The van der Waals surface area contributed by atoms with Gasteiger partial charge in [0.1, 0.15) is 67.1 Å². The molecule has 18 unspecified atom stereocenters. The molecule has 0 radical (unpaired) electrons. The molecule has 0 aromatic rings. The molecule has 3 fully saturated rings. The van der Waals surface area contributed by atoms with Crippen LogP contribution in [-0.2, 0) is 42.8 Å². The Morgan fingerprint density at radius 1 is 0.654 bits per heavy atom. The molecule has 23 nitrogen and oxygen atoms in total. The lowest BCUT2D eigenvalue weighted by molar-refractivity contribution is -0.386. The van der Waals surface area contributed by atoms with Crippen LogP contribution in [0.15, 0.2) is 12.2 Å². The number of amides is 2. The molecule has 3 aliphatic rings. The number of carboxylic acids is 1. The zero-order valence-electron chi connectivity index (χ0n) is 46.5. The number of rotatable bonds is 41. The third-order valence-electron chi connectivity index (χ3n) is 15.0. The molecule has 14 N–H and O–H groups in total. The van der Waals surface area contributed by atoms with E-state index >= 15 is 0 Å². The zero-order chi connectivity index (χ0) is 57.6. The molecule has 3 aliphatic heterocycles. The van der Waals surface area contributed by atoms with Crippen molar-refractivity contribution >= 4 is 17.8 Å². The van der Waals surface area contributed by atoms with E-state index in [0.717, 1.165) is 71.1 Å². The SMILES string of the molecule is CCCCC/C=C\CCCCCCCC(=O)NC(COC1OC(CO)C(OC2OC(CO)C(O)C(OC3(C(=O)O)CC(O)C(NC(C)=O)C(C(O)C(O)CO)O3)C2O)C(O)C1O)C(O)CCCCCCCCCCCCCC. The second-order valence-corrected chi connectivity index (χ2v) is 21.5. The predicted molar refractivity (Wildman–Crippen MR) is 283 cm³/mol. The van der Waals surface area contributed by atoms with Crippen molar-refractivity contribution in [3.8, 4) is 0 Å². The van der Waals surface area contributed by atoms with Gasteiger partial charge in [-0.2, -0.15) is 0 Å². The van der Waals surface area contributed by atoms with Gasteiger partial charge in [-0.15, -0.1) is 0 Å². The van der Waals surface area contributed by atoms with Crippen LogP contribution >= 0.6 is 0 Å². The average molecular weight is 1130 g/mol. The molecule has 18 atom stereocenters. The van der Waals surface area contributed by atoms with Crippen molar-refractivity contribution in [1.82, 2.24) is 10.6 Å². The van der Waals surface area contributed by atoms with Crippen LogP contribution in [0.1, 0.15) is 181 Å². The van der Waals surface area contributed by atoms with Crippen molar-refractivity contribution in [3.05, 3.63) is 12.2 Å². The number of allylic oxidation sites excluding steroid dienone is 2. The normalized spacial score (nSPS) is 31.2. The number of ether oxygens (including phenoxy) is 6. The van der Waals surface area contributed by atoms with Crippen molar-refractivity contribution in [2.75, 3.05) is 26.4 Å². The number of carboxylic acid groups (broad SMARTS) is 1. The summed E-state index contributed by atoms with van der Waals surface area (Å²) in [5.74, 6) is -6.11. The third kappa shape index (κ3) is 23.0. The number of unbranched alkanes of at least 4 members (excludes halogenated alkanes) is 19. The molecule has 23 heteroatoms.